The molecule has 2 heterocycles. The number of nitrogen functional groups attached to an aromatic ring is 1. The summed E-state index contributed by atoms with van der Waals surface area (Å²) in [5, 5.41) is 2.67. The average Bonchev–Trinajstić information content (AvgIpc) is 2.82. The molecule has 2 N–H and O–H groups in total. The Kier molecular flexibility index (Phi) is 1.97. The van der Waals surface area contributed by atoms with Crippen LogP contribution in [0.3, 0.4) is 0 Å². The monoisotopic (exact) mass is 230 g/mol. The SMILES string of the molecule is Cc1ccc2nc(-c3ccsc3N)oc2c1. The molecule has 4 heteroatoms. The van der Waals surface area contributed by atoms with Gasteiger partial charge in [0, 0.05) is 0 Å². The van der Waals surface area contributed by atoms with Crippen molar-refractivity contribution in [3.63, 3.8) is 0 Å². The molecule has 0 saturated carbocycles. The second-order valence-electron chi connectivity index (χ2n) is 3.69. The van der Waals surface area contributed by atoms with E-state index in [1.54, 1.807) is 0 Å². The summed E-state index contributed by atoms with van der Waals surface area (Å²) in [4.78, 5) is 4.42. The minimum Gasteiger partial charge on any atom is -0.436 e. The molecular formula is C12H10N2OS. The third-order valence-corrected chi connectivity index (χ3v) is 3.22. The highest BCUT2D eigenvalue weighted by atomic mass is 32.1. The molecule has 0 atom stereocenters. The maximum Gasteiger partial charge on any atom is 0.230 e. The lowest BCUT2D eigenvalue weighted by atomic mass is 10.2. The van der Waals surface area contributed by atoms with Gasteiger partial charge in [-0.05, 0) is 36.1 Å². The van der Waals surface area contributed by atoms with Crippen LogP contribution in [0.25, 0.3) is 22.6 Å². The normalized spacial score (nSPS) is 11.1. The first-order valence-corrected chi connectivity index (χ1v) is 5.82. The van der Waals surface area contributed by atoms with Crippen LogP contribution in [0.1, 0.15) is 5.56 Å². The van der Waals surface area contributed by atoms with Crippen molar-refractivity contribution in [3.8, 4) is 11.5 Å². The van der Waals surface area contributed by atoms with Gasteiger partial charge in [-0.15, -0.1) is 11.3 Å². The molecule has 0 fully saturated rings. The Balaban J connectivity index is 2.23. The highest BCUT2D eigenvalue weighted by Gasteiger charge is 2.11. The fourth-order valence-corrected chi connectivity index (χ4v) is 2.28. The highest BCUT2D eigenvalue weighted by molar-refractivity contribution is 7.14. The predicted octanol–water partition coefficient (Wildman–Crippen LogP) is 3.45. The number of oxazole rings is 1. The molecule has 0 unspecified atom stereocenters. The number of rotatable bonds is 1. The number of anilines is 1. The maximum atomic E-state index is 5.84. The summed E-state index contributed by atoms with van der Waals surface area (Å²) in [6, 6.07) is 7.89. The second kappa shape index (κ2) is 3.35. The van der Waals surface area contributed by atoms with E-state index in [0.29, 0.717) is 5.89 Å². The van der Waals surface area contributed by atoms with E-state index < -0.39 is 0 Å². The van der Waals surface area contributed by atoms with Gasteiger partial charge in [-0.2, -0.15) is 0 Å². The lowest BCUT2D eigenvalue weighted by molar-refractivity contribution is 0.620. The molecule has 3 rings (SSSR count). The zero-order valence-electron chi connectivity index (χ0n) is 8.73. The summed E-state index contributed by atoms with van der Waals surface area (Å²) in [6.07, 6.45) is 0. The van der Waals surface area contributed by atoms with Gasteiger partial charge in [-0.25, -0.2) is 4.98 Å². The second-order valence-corrected chi connectivity index (χ2v) is 4.64. The number of benzene rings is 1. The molecule has 0 aliphatic rings. The van der Waals surface area contributed by atoms with Crippen molar-refractivity contribution >= 4 is 27.4 Å². The van der Waals surface area contributed by atoms with Gasteiger partial charge in [-0.1, -0.05) is 6.07 Å². The summed E-state index contributed by atoms with van der Waals surface area (Å²) in [7, 11) is 0. The Morgan fingerprint density at radius 2 is 2.19 bits per heavy atom. The van der Waals surface area contributed by atoms with E-state index in [0.717, 1.165) is 27.2 Å². The number of aryl methyl sites for hydroxylation is 1. The van der Waals surface area contributed by atoms with Crippen molar-refractivity contribution in [1.82, 2.24) is 4.98 Å². The number of thiophene rings is 1. The summed E-state index contributed by atoms with van der Waals surface area (Å²) in [6.45, 7) is 2.03. The fraction of sp³-hybridized carbons (Fsp3) is 0.0833. The number of hydrogen-bond acceptors (Lipinski definition) is 4. The van der Waals surface area contributed by atoms with Crippen molar-refractivity contribution in [2.24, 2.45) is 0 Å². The Hall–Kier alpha value is -1.81. The smallest absolute Gasteiger partial charge is 0.230 e. The van der Waals surface area contributed by atoms with Gasteiger partial charge in [0.25, 0.3) is 0 Å². The van der Waals surface area contributed by atoms with Crippen molar-refractivity contribution in [1.29, 1.82) is 0 Å². The van der Waals surface area contributed by atoms with Gasteiger partial charge in [-0.3, -0.25) is 0 Å². The average molecular weight is 230 g/mol. The van der Waals surface area contributed by atoms with Gasteiger partial charge >= 0.3 is 0 Å². The van der Waals surface area contributed by atoms with E-state index in [4.69, 9.17) is 10.2 Å². The van der Waals surface area contributed by atoms with Gasteiger partial charge in [0.15, 0.2) is 5.58 Å². The lowest BCUT2D eigenvalue weighted by Crippen LogP contribution is -1.82. The van der Waals surface area contributed by atoms with Gasteiger partial charge in [0.1, 0.15) is 5.52 Å². The molecular weight excluding hydrogens is 220 g/mol. The molecule has 0 saturated heterocycles. The largest absolute Gasteiger partial charge is 0.436 e. The molecule has 2 aromatic heterocycles. The minimum atomic E-state index is 0.597. The van der Waals surface area contributed by atoms with Crippen LogP contribution < -0.4 is 5.73 Å². The standard InChI is InChI=1S/C12H10N2OS/c1-7-2-3-9-10(6-7)15-12(14-9)8-4-5-16-11(8)13/h2-6H,13H2,1H3. The van der Waals surface area contributed by atoms with E-state index in [9.17, 15) is 0 Å². The molecule has 0 radical (unpaired) electrons. The van der Waals surface area contributed by atoms with E-state index >= 15 is 0 Å². The van der Waals surface area contributed by atoms with Crippen molar-refractivity contribution < 1.29 is 4.42 Å². The van der Waals surface area contributed by atoms with Crippen LogP contribution in [0.2, 0.25) is 0 Å². The minimum absolute atomic E-state index is 0.597. The Labute approximate surface area is 96.5 Å². The molecule has 16 heavy (non-hydrogen) atoms. The molecule has 0 bridgehead atoms. The van der Waals surface area contributed by atoms with Gasteiger partial charge < -0.3 is 10.2 Å². The van der Waals surface area contributed by atoms with Crippen molar-refractivity contribution in [3.05, 3.63) is 35.2 Å². The van der Waals surface area contributed by atoms with E-state index in [1.807, 2.05) is 36.6 Å². The van der Waals surface area contributed by atoms with Crippen LogP contribution >= 0.6 is 11.3 Å². The maximum absolute atomic E-state index is 5.84. The van der Waals surface area contributed by atoms with Gasteiger partial charge in [0.2, 0.25) is 5.89 Å². The fourth-order valence-electron chi connectivity index (χ4n) is 1.64. The third kappa shape index (κ3) is 1.39. The van der Waals surface area contributed by atoms with Crippen LogP contribution in [0.5, 0.6) is 0 Å². The van der Waals surface area contributed by atoms with Crippen LogP contribution in [-0.4, -0.2) is 4.98 Å². The Bertz CT molecular complexity index is 654. The Morgan fingerprint density at radius 1 is 1.31 bits per heavy atom. The molecule has 0 aliphatic heterocycles. The summed E-state index contributed by atoms with van der Waals surface area (Å²) in [5.41, 5.74) is 9.55. The number of nitrogens with two attached hydrogens (primary N) is 1. The van der Waals surface area contributed by atoms with Crippen molar-refractivity contribution in [2.75, 3.05) is 5.73 Å². The quantitative estimate of drug-likeness (QED) is 0.696. The lowest BCUT2D eigenvalue weighted by Gasteiger charge is -1.90. The number of hydrogen-bond donors (Lipinski definition) is 1. The van der Waals surface area contributed by atoms with Gasteiger partial charge in [0.05, 0.1) is 10.6 Å². The van der Waals surface area contributed by atoms with E-state index in [2.05, 4.69) is 4.98 Å². The number of fused-ring (bicyclic) bond motifs is 1. The summed E-state index contributed by atoms with van der Waals surface area (Å²) >= 11 is 1.49. The first kappa shape index (κ1) is 9.42. The van der Waals surface area contributed by atoms with Crippen LogP contribution in [-0.2, 0) is 0 Å². The highest BCUT2D eigenvalue weighted by Crippen LogP contribution is 2.32. The van der Waals surface area contributed by atoms with Crippen molar-refractivity contribution in [2.45, 2.75) is 6.92 Å². The molecule has 0 aliphatic carbocycles. The molecule has 0 amide bonds. The molecule has 80 valence electrons. The molecule has 1 aromatic carbocycles. The Morgan fingerprint density at radius 3 is 2.94 bits per heavy atom. The van der Waals surface area contributed by atoms with Crippen LogP contribution in [0.15, 0.2) is 34.1 Å². The molecule has 3 nitrogen and oxygen atoms in total. The van der Waals surface area contributed by atoms with E-state index in [-0.39, 0.29) is 0 Å². The first-order chi connectivity index (χ1) is 7.74. The van der Waals surface area contributed by atoms with Crippen LogP contribution in [0.4, 0.5) is 5.00 Å². The summed E-state index contributed by atoms with van der Waals surface area (Å²) in [5.74, 6) is 0.597. The first-order valence-electron chi connectivity index (χ1n) is 4.94. The number of aromatic nitrogens is 1. The predicted molar refractivity (Wildman–Crippen MR) is 66.5 cm³/mol. The topological polar surface area (TPSA) is 52.0 Å². The molecule has 3 aromatic rings. The molecule has 0 spiro atoms. The summed E-state index contributed by atoms with van der Waals surface area (Å²) < 4.78 is 5.69. The zero-order valence-corrected chi connectivity index (χ0v) is 9.54. The third-order valence-electron chi connectivity index (χ3n) is 2.47. The van der Waals surface area contributed by atoms with E-state index in [1.165, 1.54) is 11.3 Å². The van der Waals surface area contributed by atoms with Crippen LogP contribution in [0, 0.1) is 6.92 Å². The zero-order chi connectivity index (χ0) is 11.1. The number of nitrogens with zero attached hydrogens (tertiary/aromatic N) is 1.